The zero-order valence-corrected chi connectivity index (χ0v) is 17.0. The molecule has 2 N–H and O–H groups in total. The topological polar surface area (TPSA) is 110 Å². The molecule has 0 fully saturated rings. The fourth-order valence-electron chi connectivity index (χ4n) is 3.09. The number of rotatable bonds is 4. The smallest absolute Gasteiger partial charge is 0.239 e. The summed E-state index contributed by atoms with van der Waals surface area (Å²) in [4.78, 5) is 4.32. The van der Waals surface area contributed by atoms with Crippen LogP contribution in [0.5, 0.6) is 0 Å². The van der Waals surface area contributed by atoms with Crippen molar-refractivity contribution in [3.63, 3.8) is 0 Å². The third kappa shape index (κ3) is 3.74. The van der Waals surface area contributed by atoms with Crippen LogP contribution in [0, 0.1) is 5.82 Å². The van der Waals surface area contributed by atoms with Gasteiger partial charge in [-0.2, -0.15) is 0 Å². The highest BCUT2D eigenvalue weighted by atomic mass is 32.2. The highest BCUT2D eigenvalue weighted by Crippen LogP contribution is 2.34. The van der Waals surface area contributed by atoms with Crippen molar-refractivity contribution in [2.45, 2.75) is 23.1 Å². The second-order valence-corrected chi connectivity index (χ2v) is 10.8. The van der Waals surface area contributed by atoms with E-state index in [0.29, 0.717) is 5.56 Å². The van der Waals surface area contributed by atoms with E-state index in [2.05, 4.69) is 4.99 Å². The summed E-state index contributed by atoms with van der Waals surface area (Å²) < 4.78 is 65.3. The van der Waals surface area contributed by atoms with Gasteiger partial charge in [0.25, 0.3) is 0 Å². The molecule has 1 aliphatic rings. The molecule has 1 aliphatic heterocycles. The third-order valence-corrected chi connectivity index (χ3v) is 8.29. The van der Waals surface area contributed by atoms with Gasteiger partial charge >= 0.3 is 0 Å². The zero-order chi connectivity index (χ0) is 20.7. The first-order valence-electron chi connectivity index (χ1n) is 8.33. The number of nitrogens with zero attached hydrogens (tertiary/aromatic N) is 2. The lowest BCUT2D eigenvalue weighted by Crippen LogP contribution is -2.50. The maximum atomic E-state index is 14.6. The van der Waals surface area contributed by atoms with Crippen molar-refractivity contribution >= 4 is 25.8 Å². The number of sulfone groups is 1. The molecule has 2 aromatic rings. The van der Waals surface area contributed by atoms with Gasteiger partial charge in [0, 0.05) is 12.6 Å². The number of halogens is 1. The third-order valence-electron chi connectivity index (χ3n) is 4.63. The van der Waals surface area contributed by atoms with Crippen molar-refractivity contribution in [3.8, 4) is 0 Å². The van der Waals surface area contributed by atoms with Gasteiger partial charge in [0.15, 0.2) is 9.84 Å². The average Bonchev–Trinajstić information content (AvgIpc) is 2.61. The molecule has 10 heteroatoms. The number of hydrogen-bond donors (Lipinski definition) is 1. The van der Waals surface area contributed by atoms with Crippen molar-refractivity contribution in [1.29, 1.82) is 0 Å². The summed E-state index contributed by atoms with van der Waals surface area (Å²) in [5.74, 6) is -1.77. The highest BCUT2D eigenvalue weighted by Gasteiger charge is 2.41. The zero-order valence-electron chi connectivity index (χ0n) is 15.3. The van der Waals surface area contributed by atoms with Crippen molar-refractivity contribution in [1.82, 2.24) is 4.31 Å². The van der Waals surface area contributed by atoms with Crippen molar-refractivity contribution < 1.29 is 21.2 Å². The summed E-state index contributed by atoms with van der Waals surface area (Å²) in [5, 5.41) is 0. The maximum Gasteiger partial charge on any atom is 0.239 e. The number of guanidine groups is 1. The monoisotopic (exact) mass is 425 g/mol. The van der Waals surface area contributed by atoms with E-state index < -0.39 is 37.0 Å². The molecule has 7 nitrogen and oxygen atoms in total. The summed E-state index contributed by atoms with van der Waals surface area (Å²) in [5.41, 5.74) is 4.55. The van der Waals surface area contributed by atoms with Gasteiger partial charge in [-0.3, -0.25) is 0 Å². The van der Waals surface area contributed by atoms with E-state index in [9.17, 15) is 21.2 Å². The Balaban J connectivity index is 2.04. The fraction of sp³-hybridized carbons (Fsp3) is 0.278. The number of benzene rings is 2. The standard InChI is InChI=1S/C18H20FN3O4S2/c1-18(12-28(25,26)22(2)17(20)21-18)15-10-13(8-9-16(15)19)11-27(23,24)14-6-4-3-5-7-14/h3-10H,11-12H2,1-2H3,(H2,20,21)/t18-/m0/s1. The van der Waals surface area contributed by atoms with E-state index in [1.165, 1.54) is 38.2 Å². The van der Waals surface area contributed by atoms with Gasteiger partial charge in [-0.05, 0) is 36.8 Å². The normalized spacial score (nSPS) is 22.0. The molecular weight excluding hydrogens is 405 g/mol. The van der Waals surface area contributed by atoms with Crippen LogP contribution in [0.1, 0.15) is 18.1 Å². The number of nitrogens with two attached hydrogens (primary N) is 1. The van der Waals surface area contributed by atoms with Gasteiger partial charge in [0.2, 0.25) is 16.0 Å². The predicted octanol–water partition coefficient (Wildman–Crippen LogP) is 1.60. The molecule has 0 saturated heterocycles. The molecule has 1 atom stereocenters. The summed E-state index contributed by atoms with van der Waals surface area (Å²) >= 11 is 0. The first-order valence-corrected chi connectivity index (χ1v) is 11.6. The maximum absolute atomic E-state index is 14.6. The second-order valence-electron chi connectivity index (χ2n) is 6.85. The molecule has 150 valence electrons. The molecule has 0 radical (unpaired) electrons. The molecule has 0 bridgehead atoms. The number of aliphatic imine (C=N–C) groups is 1. The van der Waals surface area contributed by atoms with Crippen LogP contribution >= 0.6 is 0 Å². The Morgan fingerprint density at radius 1 is 1.21 bits per heavy atom. The predicted molar refractivity (Wildman–Crippen MR) is 104 cm³/mol. The van der Waals surface area contributed by atoms with E-state index in [1.807, 2.05) is 0 Å². The van der Waals surface area contributed by atoms with Crippen molar-refractivity contribution in [3.05, 3.63) is 65.5 Å². The fourth-order valence-corrected chi connectivity index (χ4v) is 5.90. The van der Waals surface area contributed by atoms with Crippen LogP contribution in [-0.4, -0.2) is 39.9 Å². The van der Waals surface area contributed by atoms with Crippen molar-refractivity contribution in [2.75, 3.05) is 12.8 Å². The van der Waals surface area contributed by atoms with Gasteiger partial charge in [0.1, 0.15) is 11.4 Å². The summed E-state index contributed by atoms with van der Waals surface area (Å²) in [6.07, 6.45) is 0. The van der Waals surface area contributed by atoms with Crippen LogP contribution in [0.25, 0.3) is 0 Å². The van der Waals surface area contributed by atoms with Crippen LogP contribution in [0.4, 0.5) is 4.39 Å². The lowest BCUT2D eigenvalue weighted by molar-refractivity contribution is 0.457. The molecule has 0 spiro atoms. The molecule has 2 aromatic carbocycles. The quantitative estimate of drug-likeness (QED) is 0.800. The van der Waals surface area contributed by atoms with Crippen LogP contribution in [-0.2, 0) is 31.2 Å². The Morgan fingerprint density at radius 2 is 1.86 bits per heavy atom. The largest absolute Gasteiger partial charge is 0.369 e. The minimum Gasteiger partial charge on any atom is -0.369 e. The Morgan fingerprint density at radius 3 is 2.46 bits per heavy atom. The minimum atomic E-state index is -3.78. The van der Waals surface area contributed by atoms with Gasteiger partial charge in [0.05, 0.1) is 16.4 Å². The van der Waals surface area contributed by atoms with E-state index in [-0.39, 0.29) is 22.2 Å². The van der Waals surface area contributed by atoms with Gasteiger partial charge in [-0.25, -0.2) is 30.5 Å². The van der Waals surface area contributed by atoms with Gasteiger partial charge in [-0.1, -0.05) is 24.3 Å². The summed E-state index contributed by atoms with van der Waals surface area (Å²) in [7, 11) is -6.16. The molecule has 0 aliphatic carbocycles. The molecule has 0 aromatic heterocycles. The SMILES string of the molecule is CN1C(N)=N[C@](C)(c2cc(CS(=O)(=O)c3ccccc3)ccc2F)CS1(=O)=O. The van der Waals surface area contributed by atoms with Crippen LogP contribution in [0.3, 0.4) is 0 Å². The first-order chi connectivity index (χ1) is 12.9. The lowest BCUT2D eigenvalue weighted by Gasteiger charge is -2.34. The highest BCUT2D eigenvalue weighted by molar-refractivity contribution is 7.90. The molecule has 3 rings (SSSR count). The molecular formula is C18H20FN3O4S2. The van der Waals surface area contributed by atoms with E-state index >= 15 is 0 Å². The summed E-state index contributed by atoms with van der Waals surface area (Å²) in [6, 6.07) is 11.7. The number of sulfonamides is 1. The summed E-state index contributed by atoms with van der Waals surface area (Å²) in [6.45, 7) is 1.46. The van der Waals surface area contributed by atoms with Gasteiger partial charge < -0.3 is 5.73 Å². The molecule has 0 unspecified atom stereocenters. The molecule has 0 saturated carbocycles. The lowest BCUT2D eigenvalue weighted by atomic mass is 9.93. The molecule has 0 amide bonds. The Labute approximate surface area is 163 Å². The van der Waals surface area contributed by atoms with Crippen LogP contribution in [0.15, 0.2) is 58.4 Å². The van der Waals surface area contributed by atoms with Crippen molar-refractivity contribution in [2.24, 2.45) is 10.7 Å². The van der Waals surface area contributed by atoms with E-state index in [0.717, 1.165) is 10.4 Å². The van der Waals surface area contributed by atoms with Crippen LogP contribution < -0.4 is 5.73 Å². The first kappa shape index (κ1) is 20.3. The second kappa shape index (κ2) is 6.85. The molecule has 28 heavy (non-hydrogen) atoms. The van der Waals surface area contributed by atoms with E-state index in [1.54, 1.807) is 18.2 Å². The Hall–Kier alpha value is -2.46. The van der Waals surface area contributed by atoms with Gasteiger partial charge in [-0.15, -0.1) is 0 Å². The minimum absolute atomic E-state index is 0.0205. The Kier molecular flexibility index (Phi) is 4.96. The Bertz CT molecular complexity index is 1150. The van der Waals surface area contributed by atoms with Crippen LogP contribution in [0.2, 0.25) is 0 Å². The van der Waals surface area contributed by atoms with E-state index in [4.69, 9.17) is 5.73 Å². The number of hydrogen-bond acceptors (Lipinski definition) is 6. The molecule has 1 heterocycles. The average molecular weight is 426 g/mol.